The molecule has 1 atom stereocenters. The molecule has 1 fully saturated rings. The van der Waals surface area contributed by atoms with Gasteiger partial charge in [-0.05, 0) is 62.0 Å². The first-order valence-corrected chi connectivity index (χ1v) is 10.9. The summed E-state index contributed by atoms with van der Waals surface area (Å²) in [6.07, 6.45) is 3.04. The highest BCUT2D eigenvalue weighted by Gasteiger charge is 2.34. The van der Waals surface area contributed by atoms with Crippen molar-refractivity contribution in [3.8, 4) is 5.75 Å². The molecule has 5 heteroatoms. The standard InChI is InChI=1S/C25H31N3O2/c1-18-11-13-27(14-12-18)17-25(29)28-24(20-7-9-22(30-3)10-8-20)16-23(26-28)21-6-4-5-19(2)15-21/h4-10,15,18,24H,11-14,16-17H2,1-3H3. The topological polar surface area (TPSA) is 45.1 Å². The first-order valence-electron chi connectivity index (χ1n) is 10.9. The number of nitrogens with zero attached hydrogens (tertiary/aromatic N) is 3. The number of carbonyl (C=O) groups is 1. The second-order valence-electron chi connectivity index (χ2n) is 8.61. The Morgan fingerprint density at radius 2 is 1.87 bits per heavy atom. The summed E-state index contributed by atoms with van der Waals surface area (Å²) in [6.45, 7) is 6.78. The number of ether oxygens (including phenoxy) is 1. The Morgan fingerprint density at radius 3 is 2.53 bits per heavy atom. The van der Waals surface area contributed by atoms with Crippen LogP contribution in [0.3, 0.4) is 0 Å². The van der Waals surface area contributed by atoms with Crippen LogP contribution in [0.4, 0.5) is 0 Å². The van der Waals surface area contributed by atoms with E-state index in [2.05, 4.69) is 43.0 Å². The molecule has 0 aromatic heterocycles. The van der Waals surface area contributed by atoms with Gasteiger partial charge < -0.3 is 4.74 Å². The third-order valence-electron chi connectivity index (χ3n) is 6.25. The van der Waals surface area contributed by atoms with Crippen LogP contribution in [0.1, 0.15) is 48.9 Å². The van der Waals surface area contributed by atoms with Gasteiger partial charge in [-0.2, -0.15) is 5.10 Å². The lowest BCUT2D eigenvalue weighted by molar-refractivity contribution is -0.134. The fourth-order valence-electron chi connectivity index (χ4n) is 4.31. The van der Waals surface area contributed by atoms with Crippen molar-refractivity contribution in [2.24, 2.45) is 11.0 Å². The van der Waals surface area contributed by atoms with Gasteiger partial charge in [0.2, 0.25) is 0 Å². The number of likely N-dealkylation sites (tertiary alicyclic amines) is 1. The Morgan fingerprint density at radius 1 is 1.13 bits per heavy atom. The van der Waals surface area contributed by atoms with E-state index in [1.54, 1.807) is 12.1 Å². The van der Waals surface area contributed by atoms with E-state index >= 15 is 0 Å². The average Bonchev–Trinajstić information content (AvgIpc) is 3.21. The van der Waals surface area contributed by atoms with Gasteiger partial charge in [-0.15, -0.1) is 0 Å². The first-order chi connectivity index (χ1) is 14.5. The Bertz CT molecular complexity index is 914. The quantitative estimate of drug-likeness (QED) is 0.740. The molecule has 1 saturated heterocycles. The van der Waals surface area contributed by atoms with Crippen LogP contribution in [0, 0.1) is 12.8 Å². The molecule has 0 spiro atoms. The number of aryl methyl sites for hydroxylation is 1. The Kier molecular flexibility index (Phi) is 6.18. The van der Waals surface area contributed by atoms with Crippen molar-refractivity contribution in [3.05, 3.63) is 65.2 Å². The molecule has 5 nitrogen and oxygen atoms in total. The molecule has 2 aromatic rings. The lowest BCUT2D eigenvalue weighted by Gasteiger charge is -2.31. The van der Waals surface area contributed by atoms with E-state index in [1.807, 2.05) is 24.3 Å². The highest BCUT2D eigenvalue weighted by Crippen LogP contribution is 2.34. The van der Waals surface area contributed by atoms with Gasteiger partial charge in [0.15, 0.2) is 0 Å². The molecule has 1 unspecified atom stereocenters. The Balaban J connectivity index is 1.58. The van der Waals surface area contributed by atoms with Crippen LogP contribution in [0.25, 0.3) is 0 Å². The summed E-state index contributed by atoms with van der Waals surface area (Å²) in [4.78, 5) is 15.6. The van der Waals surface area contributed by atoms with E-state index in [0.717, 1.165) is 60.9 Å². The fourth-order valence-corrected chi connectivity index (χ4v) is 4.31. The normalized spacial score (nSPS) is 20.3. The molecule has 0 bridgehead atoms. The Labute approximate surface area is 179 Å². The molecular formula is C25H31N3O2. The number of hydrogen-bond donors (Lipinski definition) is 0. The summed E-state index contributed by atoms with van der Waals surface area (Å²) >= 11 is 0. The smallest absolute Gasteiger partial charge is 0.257 e. The zero-order valence-corrected chi connectivity index (χ0v) is 18.2. The zero-order chi connectivity index (χ0) is 21.1. The van der Waals surface area contributed by atoms with Crippen molar-refractivity contribution in [1.82, 2.24) is 9.91 Å². The van der Waals surface area contributed by atoms with Crippen LogP contribution >= 0.6 is 0 Å². The second kappa shape index (κ2) is 9.00. The minimum atomic E-state index is -0.0809. The molecule has 0 aliphatic carbocycles. The highest BCUT2D eigenvalue weighted by molar-refractivity contribution is 6.03. The zero-order valence-electron chi connectivity index (χ0n) is 18.2. The third-order valence-corrected chi connectivity index (χ3v) is 6.25. The van der Waals surface area contributed by atoms with Crippen molar-refractivity contribution in [2.45, 2.75) is 39.2 Å². The van der Waals surface area contributed by atoms with Crippen molar-refractivity contribution in [3.63, 3.8) is 0 Å². The maximum Gasteiger partial charge on any atom is 0.257 e. The molecule has 2 aromatic carbocycles. The van der Waals surface area contributed by atoms with Gasteiger partial charge in [0.25, 0.3) is 5.91 Å². The van der Waals surface area contributed by atoms with Crippen LogP contribution in [0.2, 0.25) is 0 Å². The number of carbonyl (C=O) groups excluding carboxylic acids is 1. The van der Waals surface area contributed by atoms with E-state index in [0.29, 0.717) is 6.54 Å². The van der Waals surface area contributed by atoms with Gasteiger partial charge in [-0.1, -0.05) is 48.9 Å². The summed E-state index contributed by atoms with van der Waals surface area (Å²) in [5, 5.41) is 6.54. The largest absolute Gasteiger partial charge is 0.497 e. The summed E-state index contributed by atoms with van der Waals surface area (Å²) in [5.74, 6) is 1.64. The number of amides is 1. The predicted octanol–water partition coefficient (Wildman–Crippen LogP) is 4.41. The average molecular weight is 406 g/mol. The molecule has 0 radical (unpaired) electrons. The van der Waals surface area contributed by atoms with Gasteiger partial charge in [0.1, 0.15) is 5.75 Å². The van der Waals surface area contributed by atoms with Crippen molar-refractivity contribution >= 4 is 11.6 Å². The molecule has 158 valence electrons. The van der Waals surface area contributed by atoms with E-state index in [4.69, 9.17) is 9.84 Å². The molecule has 2 aliphatic heterocycles. The van der Waals surface area contributed by atoms with Crippen LogP contribution in [0.5, 0.6) is 5.75 Å². The van der Waals surface area contributed by atoms with Crippen LogP contribution in [0.15, 0.2) is 53.6 Å². The minimum Gasteiger partial charge on any atom is -0.497 e. The van der Waals surface area contributed by atoms with Crippen molar-refractivity contribution < 1.29 is 9.53 Å². The van der Waals surface area contributed by atoms with Crippen LogP contribution in [-0.2, 0) is 4.79 Å². The summed E-state index contributed by atoms with van der Waals surface area (Å²) < 4.78 is 5.30. The molecule has 30 heavy (non-hydrogen) atoms. The predicted molar refractivity (Wildman–Crippen MR) is 120 cm³/mol. The molecule has 2 heterocycles. The van der Waals surface area contributed by atoms with E-state index in [9.17, 15) is 4.79 Å². The lowest BCUT2D eigenvalue weighted by atomic mass is 9.97. The van der Waals surface area contributed by atoms with Crippen molar-refractivity contribution in [1.29, 1.82) is 0 Å². The first kappa shape index (κ1) is 20.6. The highest BCUT2D eigenvalue weighted by atomic mass is 16.5. The van der Waals surface area contributed by atoms with E-state index in [-0.39, 0.29) is 11.9 Å². The van der Waals surface area contributed by atoms with Crippen LogP contribution in [-0.4, -0.2) is 48.3 Å². The number of methoxy groups -OCH3 is 1. The van der Waals surface area contributed by atoms with Crippen molar-refractivity contribution in [2.75, 3.05) is 26.7 Å². The number of hydrogen-bond acceptors (Lipinski definition) is 4. The van der Waals surface area contributed by atoms with E-state index in [1.165, 1.54) is 5.56 Å². The maximum absolute atomic E-state index is 13.3. The van der Waals surface area contributed by atoms with Crippen LogP contribution < -0.4 is 4.74 Å². The number of rotatable bonds is 5. The number of benzene rings is 2. The molecule has 1 amide bonds. The van der Waals surface area contributed by atoms with Gasteiger partial charge in [0.05, 0.1) is 25.4 Å². The number of hydrazone groups is 1. The Hall–Kier alpha value is -2.66. The summed E-state index contributed by atoms with van der Waals surface area (Å²) in [7, 11) is 1.67. The van der Waals surface area contributed by atoms with Gasteiger partial charge in [-0.3, -0.25) is 9.69 Å². The van der Waals surface area contributed by atoms with Gasteiger partial charge in [0, 0.05) is 6.42 Å². The molecule has 2 aliphatic rings. The lowest BCUT2D eigenvalue weighted by Crippen LogP contribution is -2.41. The fraction of sp³-hybridized carbons (Fsp3) is 0.440. The molecule has 0 N–H and O–H groups in total. The minimum absolute atomic E-state index is 0.0769. The third kappa shape index (κ3) is 4.57. The maximum atomic E-state index is 13.3. The number of piperidine rings is 1. The molecular weight excluding hydrogens is 374 g/mol. The summed E-state index contributed by atoms with van der Waals surface area (Å²) in [6, 6.07) is 16.3. The SMILES string of the molecule is COc1ccc(C2CC(c3cccc(C)c3)=NN2C(=O)CN2CCC(C)CC2)cc1. The van der Waals surface area contributed by atoms with E-state index < -0.39 is 0 Å². The molecule has 4 rings (SSSR count). The summed E-state index contributed by atoms with van der Waals surface area (Å²) in [5.41, 5.74) is 4.35. The monoisotopic (exact) mass is 405 g/mol. The van der Waals surface area contributed by atoms with Gasteiger partial charge >= 0.3 is 0 Å². The second-order valence-corrected chi connectivity index (χ2v) is 8.61. The van der Waals surface area contributed by atoms with Gasteiger partial charge in [-0.25, -0.2) is 5.01 Å². The molecule has 0 saturated carbocycles.